The Hall–Kier alpha value is -3.00. The van der Waals surface area contributed by atoms with E-state index in [0.717, 1.165) is 12.8 Å². The van der Waals surface area contributed by atoms with Gasteiger partial charge in [0.25, 0.3) is 0 Å². The Bertz CT molecular complexity index is 1400. The van der Waals surface area contributed by atoms with Crippen LogP contribution >= 0.6 is 11.6 Å². The molecule has 3 aromatic rings. The van der Waals surface area contributed by atoms with Gasteiger partial charge in [0.05, 0.1) is 30.8 Å². The number of anilines is 1. The van der Waals surface area contributed by atoms with E-state index in [2.05, 4.69) is 38.7 Å². The van der Waals surface area contributed by atoms with Crippen molar-refractivity contribution in [2.24, 2.45) is 0 Å². The van der Waals surface area contributed by atoms with Gasteiger partial charge in [0.15, 0.2) is 5.82 Å². The van der Waals surface area contributed by atoms with Crippen molar-refractivity contribution in [3.63, 3.8) is 0 Å². The minimum atomic E-state index is -4.13. The molecule has 4 rings (SSSR count). The number of ether oxygens (including phenoxy) is 4. The summed E-state index contributed by atoms with van der Waals surface area (Å²) in [6.07, 6.45) is 4.05. The number of sulfonamides is 1. The van der Waals surface area contributed by atoms with Gasteiger partial charge in [0.1, 0.15) is 34.4 Å². The molecule has 1 aromatic carbocycles. The number of halogens is 1. The molecule has 0 radical (unpaired) electrons. The summed E-state index contributed by atoms with van der Waals surface area (Å²) < 4.78 is 54.8. The number of para-hydroxylation sites is 1. The second-order valence-corrected chi connectivity index (χ2v) is 12.3. The van der Waals surface area contributed by atoms with Crippen LogP contribution in [-0.4, -0.2) is 72.4 Å². The van der Waals surface area contributed by atoms with E-state index < -0.39 is 26.8 Å². The van der Waals surface area contributed by atoms with E-state index in [1.54, 1.807) is 22.8 Å². The number of methoxy groups -OCH3 is 3. The molecule has 218 valence electrons. The number of nitrogens with zero attached hydrogens (tertiary/aromatic N) is 5. The maximum atomic E-state index is 13.8. The molecule has 0 amide bonds. The van der Waals surface area contributed by atoms with Gasteiger partial charge in [-0.3, -0.25) is 9.29 Å². The lowest BCUT2D eigenvalue weighted by Gasteiger charge is -2.30. The summed E-state index contributed by atoms with van der Waals surface area (Å²) in [5, 5.41) is 8.06. The second kappa shape index (κ2) is 12.2. The van der Waals surface area contributed by atoms with Crippen LogP contribution in [-0.2, 0) is 24.9 Å². The van der Waals surface area contributed by atoms with Crippen LogP contribution in [0.5, 0.6) is 11.5 Å². The Balaban J connectivity index is 1.85. The molecule has 0 bridgehead atoms. The zero-order valence-corrected chi connectivity index (χ0v) is 25.0. The van der Waals surface area contributed by atoms with Crippen molar-refractivity contribution in [3.05, 3.63) is 47.3 Å². The fourth-order valence-electron chi connectivity index (χ4n) is 5.02. The smallest absolute Gasteiger partial charge is 0.243 e. The van der Waals surface area contributed by atoms with Crippen molar-refractivity contribution in [1.29, 1.82) is 0 Å². The summed E-state index contributed by atoms with van der Waals surface area (Å²) in [4.78, 5) is 8.30. The number of nitrogens with one attached hydrogen (secondary N) is 1. The highest BCUT2D eigenvalue weighted by molar-refractivity contribution is 7.93. The first-order valence-corrected chi connectivity index (χ1v) is 14.8. The molecule has 4 atom stereocenters. The van der Waals surface area contributed by atoms with E-state index in [9.17, 15) is 8.42 Å². The summed E-state index contributed by atoms with van der Waals surface area (Å²) in [6, 6.07) is 5.31. The van der Waals surface area contributed by atoms with Crippen LogP contribution in [0.2, 0.25) is 5.02 Å². The third kappa shape index (κ3) is 5.60. The van der Waals surface area contributed by atoms with E-state index in [0.29, 0.717) is 41.1 Å². The molecule has 2 aromatic heterocycles. The molecule has 1 saturated heterocycles. The van der Waals surface area contributed by atoms with Gasteiger partial charge in [0.2, 0.25) is 16.0 Å². The molecule has 3 heterocycles. The van der Waals surface area contributed by atoms with Crippen LogP contribution in [0.15, 0.2) is 30.6 Å². The lowest BCUT2D eigenvalue weighted by molar-refractivity contribution is 0.0726. The molecular formula is C26H35ClN6O6S. The van der Waals surface area contributed by atoms with Crippen molar-refractivity contribution < 1.29 is 27.4 Å². The van der Waals surface area contributed by atoms with Gasteiger partial charge in [0, 0.05) is 26.1 Å². The number of hydrogen-bond acceptors (Lipinski definition) is 10. The monoisotopic (exact) mass is 594 g/mol. The summed E-state index contributed by atoms with van der Waals surface area (Å²) in [6.45, 7) is 6.20. The lowest BCUT2D eigenvalue weighted by atomic mass is 9.80. The van der Waals surface area contributed by atoms with Crippen molar-refractivity contribution in [2.75, 3.05) is 32.7 Å². The second-order valence-electron chi connectivity index (χ2n) is 9.78. The van der Waals surface area contributed by atoms with Crippen LogP contribution in [0.3, 0.4) is 0 Å². The molecule has 0 saturated carbocycles. The van der Waals surface area contributed by atoms with E-state index >= 15 is 0 Å². The minimum Gasteiger partial charge on any atom is -0.494 e. The summed E-state index contributed by atoms with van der Waals surface area (Å²) in [5.41, 5.74) is -0.0957. The first kappa shape index (κ1) is 30.0. The third-order valence-corrected chi connectivity index (χ3v) is 9.19. The molecule has 1 N–H and O–H groups in total. The van der Waals surface area contributed by atoms with Crippen LogP contribution < -0.4 is 14.2 Å². The average molecular weight is 595 g/mol. The van der Waals surface area contributed by atoms with Crippen LogP contribution in [0.25, 0.3) is 5.69 Å². The van der Waals surface area contributed by atoms with Crippen LogP contribution in [0.1, 0.15) is 57.8 Å². The zero-order chi connectivity index (χ0) is 29.1. The molecule has 12 nitrogen and oxygen atoms in total. The number of hydrogen-bond donors (Lipinski definition) is 1. The zero-order valence-electron chi connectivity index (χ0n) is 23.4. The molecule has 0 aliphatic carbocycles. The topological polar surface area (TPSA) is 140 Å². The van der Waals surface area contributed by atoms with E-state index in [1.807, 2.05) is 0 Å². The van der Waals surface area contributed by atoms with Gasteiger partial charge >= 0.3 is 0 Å². The highest BCUT2D eigenvalue weighted by Gasteiger charge is 2.46. The van der Waals surface area contributed by atoms with E-state index in [-0.39, 0.29) is 17.9 Å². The number of aromatic nitrogens is 5. The third-order valence-electron chi connectivity index (χ3n) is 7.30. The summed E-state index contributed by atoms with van der Waals surface area (Å²) in [7, 11) is 0.325. The Morgan fingerprint density at radius 1 is 1.18 bits per heavy atom. The predicted molar refractivity (Wildman–Crippen MR) is 150 cm³/mol. The van der Waals surface area contributed by atoms with Gasteiger partial charge in [-0.25, -0.2) is 18.4 Å². The molecule has 1 aliphatic heterocycles. The molecule has 0 unspecified atom stereocenters. The summed E-state index contributed by atoms with van der Waals surface area (Å²) in [5.74, 6) is 1.58. The average Bonchev–Trinajstić information content (AvgIpc) is 3.53. The molecule has 40 heavy (non-hydrogen) atoms. The highest BCUT2D eigenvalue weighted by Crippen LogP contribution is 2.44. The Morgan fingerprint density at radius 3 is 2.40 bits per heavy atom. The fourth-order valence-corrected chi connectivity index (χ4v) is 6.25. The first-order valence-electron chi connectivity index (χ1n) is 12.9. The minimum absolute atomic E-state index is 0.0279. The van der Waals surface area contributed by atoms with Crippen LogP contribution in [0.4, 0.5) is 5.95 Å². The van der Waals surface area contributed by atoms with Crippen molar-refractivity contribution in [3.8, 4) is 17.2 Å². The molecular weight excluding hydrogens is 560 g/mol. The molecule has 0 spiro atoms. The highest BCUT2D eigenvalue weighted by atomic mass is 35.5. The fraction of sp³-hybridized carbons (Fsp3) is 0.538. The Morgan fingerprint density at radius 2 is 1.82 bits per heavy atom. The standard InChI is InChI=1S/C26H35ClN6O6S/c1-7-9-20-26(3,12-13-39-20)24-30-31-25(33(24)21-18(36-4)10-8-11-19(21)37-5)32-40(34,35)16(2)22(38-6)23-28-14-17(27)15-29-23/h8,10-11,14-16,20,22H,7,9,12-13H2,1-6H3,(H,31,32)/t16-,20-,22-,26+/m0/s1. The van der Waals surface area contributed by atoms with Gasteiger partial charge in [-0.05, 0) is 38.8 Å². The van der Waals surface area contributed by atoms with Gasteiger partial charge in [-0.1, -0.05) is 31.0 Å². The quantitative estimate of drug-likeness (QED) is 0.326. The normalized spacial score (nSPS) is 20.7. The maximum Gasteiger partial charge on any atom is 0.243 e. The Labute approximate surface area is 239 Å². The van der Waals surface area contributed by atoms with Gasteiger partial charge in [-0.2, -0.15) is 0 Å². The summed E-state index contributed by atoms with van der Waals surface area (Å²) >= 11 is 5.92. The Kier molecular flexibility index (Phi) is 9.18. The first-order chi connectivity index (χ1) is 19.1. The largest absolute Gasteiger partial charge is 0.494 e. The van der Waals surface area contributed by atoms with Crippen molar-refractivity contribution in [1.82, 2.24) is 24.7 Å². The molecule has 14 heteroatoms. The molecule has 1 aliphatic rings. The lowest BCUT2D eigenvalue weighted by Crippen LogP contribution is -2.36. The molecule has 1 fully saturated rings. The van der Waals surface area contributed by atoms with Gasteiger partial charge < -0.3 is 18.9 Å². The number of rotatable bonds is 12. The van der Waals surface area contributed by atoms with E-state index in [1.165, 1.54) is 40.6 Å². The predicted octanol–water partition coefficient (Wildman–Crippen LogP) is 4.09. The van der Waals surface area contributed by atoms with E-state index in [4.69, 9.17) is 30.5 Å². The SMILES string of the molecule is CCC[C@@H]1OCC[C@@]1(C)c1nnc(NS(=O)(=O)[C@@H](C)[C@H](OC)c2ncc(Cl)cn2)n1-c1c(OC)cccc1OC. The van der Waals surface area contributed by atoms with Crippen LogP contribution in [0, 0.1) is 0 Å². The maximum absolute atomic E-state index is 13.8. The number of benzene rings is 1. The van der Waals surface area contributed by atoms with Crippen molar-refractivity contribution >= 4 is 27.6 Å². The van der Waals surface area contributed by atoms with Gasteiger partial charge in [-0.15, -0.1) is 10.2 Å². The van der Waals surface area contributed by atoms with Crippen molar-refractivity contribution in [2.45, 2.75) is 62.9 Å².